The van der Waals surface area contributed by atoms with E-state index in [-0.39, 0.29) is 17.2 Å². The van der Waals surface area contributed by atoms with E-state index in [9.17, 15) is 31.9 Å². The Hall–Kier alpha value is -4.12. The molecular formula is C26H18F4N2O4S. The van der Waals surface area contributed by atoms with Crippen LogP contribution in [-0.4, -0.2) is 28.5 Å². The van der Waals surface area contributed by atoms with Crippen LogP contribution in [0.25, 0.3) is 6.08 Å². The Kier molecular flexibility index (Phi) is 7.63. The fourth-order valence-corrected chi connectivity index (χ4v) is 4.24. The number of carbonyl (C=O) groups excluding carboxylic acids is 3. The molecule has 0 radical (unpaired) electrons. The number of anilines is 1. The molecule has 0 spiro atoms. The first-order valence-corrected chi connectivity index (χ1v) is 11.6. The maximum absolute atomic E-state index is 13.4. The van der Waals surface area contributed by atoms with E-state index in [0.29, 0.717) is 33.5 Å². The first-order valence-electron chi connectivity index (χ1n) is 10.8. The molecular weight excluding hydrogens is 512 g/mol. The van der Waals surface area contributed by atoms with Gasteiger partial charge in [-0.05, 0) is 59.8 Å². The lowest BCUT2D eigenvalue weighted by molar-refractivity contribution is -0.137. The van der Waals surface area contributed by atoms with Crippen LogP contribution >= 0.6 is 11.8 Å². The highest BCUT2D eigenvalue weighted by Crippen LogP contribution is 2.34. The van der Waals surface area contributed by atoms with E-state index in [1.54, 1.807) is 36.4 Å². The lowest BCUT2D eigenvalue weighted by Gasteiger charge is -2.13. The zero-order chi connectivity index (χ0) is 26.6. The number of ether oxygens (including phenoxy) is 1. The van der Waals surface area contributed by atoms with Crippen molar-refractivity contribution >= 4 is 40.6 Å². The summed E-state index contributed by atoms with van der Waals surface area (Å²) in [7, 11) is 0. The van der Waals surface area contributed by atoms with E-state index >= 15 is 0 Å². The van der Waals surface area contributed by atoms with E-state index in [1.165, 1.54) is 24.3 Å². The molecule has 0 saturated carbocycles. The van der Waals surface area contributed by atoms with Crippen molar-refractivity contribution in [3.63, 3.8) is 0 Å². The number of alkyl halides is 3. The van der Waals surface area contributed by atoms with Gasteiger partial charge in [0.15, 0.2) is 0 Å². The molecule has 1 heterocycles. The molecule has 3 aromatic rings. The van der Waals surface area contributed by atoms with Crippen LogP contribution in [0.3, 0.4) is 0 Å². The van der Waals surface area contributed by atoms with Gasteiger partial charge in [-0.25, -0.2) is 4.39 Å². The number of amides is 3. The molecule has 3 aromatic carbocycles. The van der Waals surface area contributed by atoms with Gasteiger partial charge < -0.3 is 10.1 Å². The Morgan fingerprint density at radius 3 is 2.51 bits per heavy atom. The summed E-state index contributed by atoms with van der Waals surface area (Å²) < 4.78 is 57.9. The molecule has 3 amide bonds. The maximum Gasteiger partial charge on any atom is 0.416 e. The Morgan fingerprint density at radius 2 is 1.76 bits per heavy atom. The van der Waals surface area contributed by atoms with Gasteiger partial charge in [-0.15, -0.1) is 0 Å². The fraction of sp³-hybridized carbons (Fsp3) is 0.115. The highest BCUT2D eigenvalue weighted by Gasteiger charge is 2.36. The Morgan fingerprint density at radius 1 is 1.00 bits per heavy atom. The van der Waals surface area contributed by atoms with E-state index < -0.39 is 41.2 Å². The summed E-state index contributed by atoms with van der Waals surface area (Å²) in [6.45, 7) is -0.601. The molecule has 1 saturated heterocycles. The summed E-state index contributed by atoms with van der Waals surface area (Å²) in [6.07, 6.45) is -3.15. The average molecular weight is 530 g/mol. The Labute approximate surface area is 212 Å². The lowest BCUT2D eigenvalue weighted by atomic mass is 10.1. The molecule has 1 N–H and O–H groups in total. The molecule has 1 aliphatic heterocycles. The van der Waals surface area contributed by atoms with E-state index in [1.807, 2.05) is 0 Å². The molecule has 0 atom stereocenters. The van der Waals surface area contributed by atoms with Crippen molar-refractivity contribution in [1.82, 2.24) is 4.90 Å². The number of halogens is 4. The van der Waals surface area contributed by atoms with Gasteiger partial charge in [-0.1, -0.05) is 36.4 Å². The largest absolute Gasteiger partial charge is 0.488 e. The van der Waals surface area contributed by atoms with Crippen LogP contribution in [0.2, 0.25) is 0 Å². The molecule has 37 heavy (non-hydrogen) atoms. The standard InChI is InChI=1S/C26H18F4N2O4S/c27-19-8-3-5-16(11-19)15-36-21-10-2-1-6-17(21)12-22-24(34)32(25(35)37-22)14-23(33)31-20-9-4-7-18(13-20)26(28,29)30/h1-13H,14-15H2,(H,31,33)/b22-12-. The van der Waals surface area contributed by atoms with Crippen LogP contribution in [-0.2, 0) is 22.4 Å². The van der Waals surface area contributed by atoms with Crippen molar-refractivity contribution < 1.29 is 36.7 Å². The first-order chi connectivity index (χ1) is 17.6. The number of nitrogens with zero attached hydrogens (tertiary/aromatic N) is 1. The summed E-state index contributed by atoms with van der Waals surface area (Å²) in [5.74, 6) is -1.57. The van der Waals surface area contributed by atoms with Crippen LogP contribution in [0.15, 0.2) is 77.7 Å². The minimum atomic E-state index is -4.59. The van der Waals surface area contributed by atoms with Crippen molar-refractivity contribution in [1.29, 1.82) is 0 Å². The Bertz CT molecular complexity index is 1390. The van der Waals surface area contributed by atoms with Crippen LogP contribution in [0.1, 0.15) is 16.7 Å². The molecule has 0 bridgehead atoms. The summed E-state index contributed by atoms with van der Waals surface area (Å²) in [6, 6.07) is 16.6. The third-order valence-corrected chi connectivity index (χ3v) is 6.05. The maximum atomic E-state index is 13.4. The number of imide groups is 1. The van der Waals surface area contributed by atoms with Crippen LogP contribution in [0, 0.1) is 5.82 Å². The third kappa shape index (κ3) is 6.56. The average Bonchev–Trinajstić information content (AvgIpc) is 3.10. The molecule has 0 unspecified atom stereocenters. The number of hydrogen-bond donors (Lipinski definition) is 1. The predicted octanol–water partition coefficient (Wildman–Crippen LogP) is 6.10. The number of para-hydroxylation sites is 1. The number of hydrogen-bond acceptors (Lipinski definition) is 5. The smallest absolute Gasteiger partial charge is 0.416 e. The van der Waals surface area contributed by atoms with Gasteiger partial charge in [-0.2, -0.15) is 13.2 Å². The van der Waals surface area contributed by atoms with E-state index in [0.717, 1.165) is 18.2 Å². The second-order valence-corrected chi connectivity index (χ2v) is 8.84. The number of thioether (sulfide) groups is 1. The number of benzene rings is 3. The monoisotopic (exact) mass is 530 g/mol. The predicted molar refractivity (Wildman–Crippen MR) is 130 cm³/mol. The number of carbonyl (C=O) groups is 3. The Balaban J connectivity index is 1.44. The number of rotatable bonds is 7. The van der Waals surface area contributed by atoms with Crippen LogP contribution in [0.4, 0.5) is 28.0 Å². The zero-order valence-electron chi connectivity index (χ0n) is 18.9. The molecule has 1 aliphatic rings. The lowest BCUT2D eigenvalue weighted by Crippen LogP contribution is -2.36. The number of nitrogens with one attached hydrogen (secondary N) is 1. The third-order valence-electron chi connectivity index (χ3n) is 5.14. The van der Waals surface area contributed by atoms with E-state index in [4.69, 9.17) is 4.74 Å². The van der Waals surface area contributed by atoms with Crippen molar-refractivity contribution in [3.8, 4) is 5.75 Å². The van der Waals surface area contributed by atoms with Gasteiger partial charge in [-0.3, -0.25) is 19.3 Å². The highest BCUT2D eigenvalue weighted by molar-refractivity contribution is 8.18. The van der Waals surface area contributed by atoms with Crippen molar-refractivity contribution in [2.75, 3.05) is 11.9 Å². The van der Waals surface area contributed by atoms with Crippen LogP contribution in [0.5, 0.6) is 5.75 Å². The molecule has 6 nitrogen and oxygen atoms in total. The topological polar surface area (TPSA) is 75.7 Å². The molecule has 0 aromatic heterocycles. The van der Waals surface area contributed by atoms with Crippen molar-refractivity contribution in [2.24, 2.45) is 0 Å². The minimum Gasteiger partial charge on any atom is -0.488 e. The second-order valence-electron chi connectivity index (χ2n) is 7.85. The fourth-order valence-electron chi connectivity index (χ4n) is 3.41. The van der Waals surface area contributed by atoms with Crippen molar-refractivity contribution in [2.45, 2.75) is 12.8 Å². The second kappa shape index (κ2) is 10.9. The van der Waals surface area contributed by atoms with Gasteiger partial charge in [0.2, 0.25) is 5.91 Å². The van der Waals surface area contributed by atoms with Gasteiger partial charge in [0.05, 0.1) is 10.5 Å². The van der Waals surface area contributed by atoms with Gasteiger partial charge >= 0.3 is 6.18 Å². The summed E-state index contributed by atoms with van der Waals surface area (Å²) in [5.41, 5.74) is 0.0177. The van der Waals surface area contributed by atoms with Crippen molar-refractivity contribution in [3.05, 3.63) is 100 Å². The summed E-state index contributed by atoms with van der Waals surface area (Å²) in [4.78, 5) is 38.4. The molecule has 0 aliphatic carbocycles. The van der Waals surface area contributed by atoms with Gasteiger partial charge in [0.1, 0.15) is 24.7 Å². The SMILES string of the molecule is O=C(CN1C(=O)S/C(=C\c2ccccc2OCc2cccc(F)c2)C1=O)Nc1cccc(C(F)(F)F)c1. The highest BCUT2D eigenvalue weighted by atomic mass is 32.2. The summed E-state index contributed by atoms with van der Waals surface area (Å²) >= 11 is 0.620. The zero-order valence-corrected chi connectivity index (χ0v) is 19.7. The van der Waals surface area contributed by atoms with Crippen LogP contribution < -0.4 is 10.1 Å². The molecule has 190 valence electrons. The van der Waals surface area contributed by atoms with Gasteiger partial charge in [0, 0.05) is 11.3 Å². The van der Waals surface area contributed by atoms with Gasteiger partial charge in [0.25, 0.3) is 11.1 Å². The van der Waals surface area contributed by atoms with E-state index in [2.05, 4.69) is 5.32 Å². The first kappa shape index (κ1) is 26.0. The molecule has 4 rings (SSSR count). The molecule has 11 heteroatoms. The minimum absolute atomic E-state index is 0.0404. The molecule has 1 fully saturated rings. The quantitative estimate of drug-likeness (QED) is 0.295. The normalized spacial score (nSPS) is 14.8. The summed E-state index contributed by atoms with van der Waals surface area (Å²) in [5, 5.41) is 1.57.